The van der Waals surface area contributed by atoms with E-state index in [0.717, 1.165) is 0 Å². The molecule has 1 aliphatic heterocycles. The summed E-state index contributed by atoms with van der Waals surface area (Å²) in [5, 5.41) is 19.2. The number of ether oxygens (including phenoxy) is 1. The SMILES string of the molecule is CC(C)[Si](OC[C@H]1O[C@@H]([n+]2cccc(C(=N)[O-])c2)[C@@H](F)[C@@H]1O[Si](C(C)C)(C(C)C)C(C)C)(C(C)C)C(C)C. The molecule has 1 saturated heterocycles. The van der Waals surface area contributed by atoms with Gasteiger partial charge in [0.15, 0.2) is 20.7 Å². The second kappa shape index (κ2) is 13.0. The molecule has 2 heterocycles. The van der Waals surface area contributed by atoms with Gasteiger partial charge in [-0.1, -0.05) is 83.1 Å². The maximum absolute atomic E-state index is 16.5. The maximum atomic E-state index is 16.5. The summed E-state index contributed by atoms with van der Waals surface area (Å²) in [4.78, 5) is 0. The summed E-state index contributed by atoms with van der Waals surface area (Å²) in [6.45, 7) is 26.9. The van der Waals surface area contributed by atoms with Crippen LogP contribution in [0.5, 0.6) is 0 Å². The second-order valence-electron chi connectivity index (χ2n) is 12.9. The number of hydrogen-bond donors (Lipinski definition) is 1. The molecule has 1 aromatic heterocycles. The predicted molar refractivity (Wildman–Crippen MR) is 155 cm³/mol. The van der Waals surface area contributed by atoms with Crippen LogP contribution >= 0.6 is 0 Å². The first-order valence-corrected chi connectivity index (χ1v) is 18.7. The van der Waals surface area contributed by atoms with E-state index in [1.54, 1.807) is 22.9 Å². The van der Waals surface area contributed by atoms with Gasteiger partial charge in [0, 0.05) is 11.6 Å². The number of halogens is 1. The fourth-order valence-electron chi connectivity index (χ4n) is 7.36. The Morgan fingerprint density at radius 1 is 0.921 bits per heavy atom. The topological polar surface area (TPSA) is 78.5 Å². The largest absolute Gasteiger partial charge is 0.859 e. The van der Waals surface area contributed by atoms with Gasteiger partial charge < -0.3 is 24.1 Å². The number of pyridine rings is 1. The third-order valence-electron chi connectivity index (χ3n) is 8.90. The van der Waals surface area contributed by atoms with Crippen LogP contribution < -0.4 is 9.67 Å². The highest BCUT2D eigenvalue weighted by molar-refractivity contribution is 6.78. The highest BCUT2D eigenvalue weighted by atomic mass is 28.4. The zero-order valence-electron chi connectivity index (χ0n) is 25.7. The van der Waals surface area contributed by atoms with Gasteiger partial charge in [0.2, 0.25) is 14.5 Å². The van der Waals surface area contributed by atoms with Crippen LogP contribution in [0.4, 0.5) is 4.39 Å². The molecule has 0 amide bonds. The van der Waals surface area contributed by atoms with Crippen molar-refractivity contribution < 1.29 is 27.7 Å². The molecule has 0 aromatic carbocycles. The average molecular weight is 569 g/mol. The third-order valence-corrected chi connectivity index (χ3v) is 21.1. The van der Waals surface area contributed by atoms with Crippen LogP contribution in [0.15, 0.2) is 24.5 Å². The van der Waals surface area contributed by atoms with E-state index in [0.29, 0.717) is 33.2 Å². The molecular weight excluding hydrogens is 515 g/mol. The van der Waals surface area contributed by atoms with E-state index in [1.807, 2.05) is 0 Å². The quantitative estimate of drug-likeness (QED) is 0.125. The maximum Gasteiger partial charge on any atom is 0.297 e. The fourth-order valence-corrected chi connectivity index (χ4v) is 18.4. The summed E-state index contributed by atoms with van der Waals surface area (Å²) in [5.74, 6) is -0.812. The molecule has 0 unspecified atom stereocenters. The van der Waals surface area contributed by atoms with Crippen molar-refractivity contribution in [2.24, 2.45) is 0 Å². The van der Waals surface area contributed by atoms with Crippen molar-refractivity contribution in [3.05, 3.63) is 30.1 Å². The van der Waals surface area contributed by atoms with Crippen LogP contribution in [0.3, 0.4) is 0 Å². The lowest BCUT2D eigenvalue weighted by molar-refractivity contribution is -0.764. The van der Waals surface area contributed by atoms with Gasteiger partial charge >= 0.3 is 0 Å². The van der Waals surface area contributed by atoms with E-state index in [1.165, 1.54) is 6.20 Å². The number of aromatic nitrogens is 1. The number of nitrogens with zero attached hydrogens (tertiary/aromatic N) is 1. The number of rotatable bonds is 13. The first-order chi connectivity index (χ1) is 17.5. The Labute approximate surface area is 233 Å². The molecule has 0 spiro atoms. The summed E-state index contributed by atoms with van der Waals surface area (Å²) >= 11 is 0. The molecule has 1 aromatic rings. The van der Waals surface area contributed by atoms with Gasteiger partial charge in [-0.2, -0.15) is 4.57 Å². The molecule has 2 rings (SSSR count). The molecule has 4 atom stereocenters. The lowest BCUT2D eigenvalue weighted by Gasteiger charge is -2.45. The van der Waals surface area contributed by atoms with Crippen molar-refractivity contribution in [2.75, 3.05) is 6.61 Å². The summed E-state index contributed by atoms with van der Waals surface area (Å²) in [5.41, 5.74) is 2.26. The zero-order chi connectivity index (χ0) is 29.2. The van der Waals surface area contributed by atoms with Crippen molar-refractivity contribution in [1.29, 1.82) is 5.41 Å². The standard InChI is InChI=1S/C29H53FN2O4Si2/c1-18(2)37(19(3)4,20(5)6)34-17-25-27(36-38(21(7)8,22(9)10)23(11)12)26(30)29(35-25)32-15-13-14-24(16-32)28(31)33/h13-16,18-23,25-27,29H,17H2,1-12H3,(H-,31,33)/t25-,26+,27-,29-/m1/s1. The molecule has 1 N–H and O–H groups in total. The van der Waals surface area contributed by atoms with Crippen LogP contribution in [0.1, 0.15) is 94.9 Å². The molecule has 0 saturated carbocycles. The molecule has 0 radical (unpaired) electrons. The Hall–Kier alpha value is -1.14. The summed E-state index contributed by atoms with van der Waals surface area (Å²) in [6, 6.07) is 3.21. The van der Waals surface area contributed by atoms with Gasteiger partial charge in [0.1, 0.15) is 12.2 Å². The lowest BCUT2D eigenvalue weighted by atomic mass is 10.1. The van der Waals surface area contributed by atoms with E-state index in [-0.39, 0.29) is 12.2 Å². The Morgan fingerprint density at radius 3 is 1.82 bits per heavy atom. The van der Waals surface area contributed by atoms with E-state index >= 15 is 4.39 Å². The molecule has 6 nitrogen and oxygen atoms in total. The zero-order valence-corrected chi connectivity index (χ0v) is 27.7. The molecular formula is C29H53FN2O4Si2. The van der Waals surface area contributed by atoms with Crippen LogP contribution in [-0.2, 0) is 13.6 Å². The molecule has 9 heteroatoms. The van der Waals surface area contributed by atoms with Crippen LogP contribution in [0.25, 0.3) is 0 Å². The summed E-state index contributed by atoms with van der Waals surface area (Å²) in [6.07, 6.45) is -0.568. The average Bonchev–Trinajstić information content (AvgIpc) is 3.11. The Bertz CT molecular complexity index is 882. The Kier molecular flexibility index (Phi) is 11.3. The minimum Gasteiger partial charge on any atom is -0.859 e. The van der Waals surface area contributed by atoms with Gasteiger partial charge in [-0.25, -0.2) is 4.39 Å². The molecule has 0 aliphatic carbocycles. The monoisotopic (exact) mass is 568 g/mol. The molecule has 38 heavy (non-hydrogen) atoms. The van der Waals surface area contributed by atoms with Crippen LogP contribution in [-0.4, -0.2) is 47.5 Å². The van der Waals surface area contributed by atoms with E-state index < -0.39 is 47.1 Å². The van der Waals surface area contributed by atoms with E-state index in [2.05, 4.69) is 83.1 Å². The first-order valence-electron chi connectivity index (χ1n) is 14.4. The van der Waals surface area contributed by atoms with Crippen molar-refractivity contribution in [1.82, 2.24) is 0 Å². The highest BCUT2D eigenvalue weighted by Gasteiger charge is 2.57. The lowest BCUT2D eigenvalue weighted by Crippen LogP contribution is -2.55. The van der Waals surface area contributed by atoms with Crippen molar-refractivity contribution in [3.63, 3.8) is 0 Å². The summed E-state index contributed by atoms with van der Waals surface area (Å²) < 4.78 is 38.5. The van der Waals surface area contributed by atoms with E-state index in [4.69, 9.17) is 19.0 Å². The van der Waals surface area contributed by atoms with Gasteiger partial charge in [-0.05, 0) is 45.2 Å². The number of alkyl halides is 1. The molecule has 0 bridgehead atoms. The number of nitrogens with one attached hydrogen (secondary N) is 1. The molecule has 218 valence electrons. The Balaban J connectivity index is 2.55. The van der Waals surface area contributed by atoms with Crippen molar-refractivity contribution in [2.45, 2.75) is 141 Å². The van der Waals surface area contributed by atoms with Crippen molar-refractivity contribution in [3.8, 4) is 0 Å². The van der Waals surface area contributed by atoms with Gasteiger partial charge in [0.25, 0.3) is 6.23 Å². The molecule has 1 aliphatic rings. The fraction of sp³-hybridized carbons (Fsp3) is 0.793. The van der Waals surface area contributed by atoms with Crippen molar-refractivity contribution >= 4 is 22.5 Å². The van der Waals surface area contributed by atoms with Gasteiger partial charge in [0.05, 0.1) is 6.61 Å². The predicted octanol–water partition coefficient (Wildman–Crippen LogP) is 6.65. The Morgan fingerprint density at radius 2 is 1.39 bits per heavy atom. The van der Waals surface area contributed by atoms with Crippen LogP contribution in [0.2, 0.25) is 33.2 Å². The smallest absolute Gasteiger partial charge is 0.297 e. The summed E-state index contributed by atoms with van der Waals surface area (Å²) in [7, 11) is -4.65. The first kappa shape index (κ1) is 33.1. The van der Waals surface area contributed by atoms with E-state index in [9.17, 15) is 5.11 Å². The second-order valence-corrected chi connectivity index (χ2v) is 23.8. The van der Waals surface area contributed by atoms with Gasteiger partial charge in [-0.3, -0.25) is 0 Å². The molecule has 1 fully saturated rings. The van der Waals surface area contributed by atoms with Gasteiger partial charge in [-0.15, -0.1) is 0 Å². The minimum atomic E-state index is -2.43. The van der Waals surface area contributed by atoms with Crippen LogP contribution in [0, 0.1) is 5.41 Å². The highest BCUT2D eigenvalue weighted by Crippen LogP contribution is 2.47. The normalized spacial score (nSPS) is 23.1. The third kappa shape index (κ3) is 6.27. The minimum absolute atomic E-state index is 0.196. The number of hydrogen-bond acceptors (Lipinski definition) is 5.